The highest BCUT2D eigenvalue weighted by molar-refractivity contribution is 5.85. The first-order valence-corrected chi connectivity index (χ1v) is 4.18. The number of hydrogen-bond donors (Lipinski definition) is 2. The predicted molar refractivity (Wildman–Crippen MR) is 60.9 cm³/mol. The summed E-state index contributed by atoms with van der Waals surface area (Å²) in [4.78, 5) is 8.33. The van der Waals surface area contributed by atoms with Gasteiger partial charge in [-0.3, -0.25) is 0 Å². The lowest BCUT2D eigenvalue weighted by molar-refractivity contribution is 0.606. The monoisotopic (exact) mass is 236 g/mol. The molecule has 1 aliphatic rings. The molecule has 0 bridgehead atoms. The number of nitrogens with zero attached hydrogens (tertiary/aromatic N) is 2. The molecule has 2 rings (SSSR count). The molecule has 6 heteroatoms. The molecule has 0 saturated carbocycles. The van der Waals surface area contributed by atoms with Crippen LogP contribution in [0.25, 0.3) is 0 Å². The lowest BCUT2D eigenvalue weighted by Crippen LogP contribution is -2.16. The lowest BCUT2D eigenvalue weighted by Gasteiger charge is -2.07. The van der Waals surface area contributed by atoms with E-state index in [1.54, 1.807) is 12.3 Å². The Balaban J connectivity index is 0.000000845. The average molecular weight is 237 g/mol. The summed E-state index contributed by atoms with van der Waals surface area (Å²) in [5.41, 5.74) is 5.55. The largest absolute Gasteiger partial charge is 0.384 e. The Morgan fingerprint density at radius 1 is 1.43 bits per heavy atom. The van der Waals surface area contributed by atoms with Crippen molar-refractivity contribution in [1.82, 2.24) is 15.3 Å². The van der Waals surface area contributed by atoms with E-state index in [4.69, 9.17) is 5.73 Å². The molecule has 1 aromatic heterocycles. The van der Waals surface area contributed by atoms with Crippen molar-refractivity contribution in [2.45, 2.75) is 18.9 Å². The van der Waals surface area contributed by atoms with Crippen LogP contribution in [0.5, 0.6) is 0 Å². The number of aromatic nitrogens is 2. The molecule has 1 fully saturated rings. The Labute approximate surface area is 95.5 Å². The quantitative estimate of drug-likeness (QED) is 0.773. The zero-order valence-electron chi connectivity index (χ0n) is 7.64. The molecule has 4 nitrogen and oxygen atoms in total. The lowest BCUT2D eigenvalue weighted by atomic mass is 10.2. The standard InChI is InChI=1S/C8H12N4.2ClH/c9-7-3-5-11-8(12-7)6-2-1-4-10-6;;/h3,5-6,10H,1-2,4H2,(H2,9,11,12);2*1H. The zero-order valence-corrected chi connectivity index (χ0v) is 9.27. The normalized spacial score (nSPS) is 19.6. The number of nitrogens with two attached hydrogens (primary N) is 1. The molecule has 0 spiro atoms. The molecule has 1 aliphatic heterocycles. The Bertz CT molecular complexity index is 276. The number of nitrogen functional groups attached to an aromatic ring is 1. The molecule has 1 atom stereocenters. The highest BCUT2D eigenvalue weighted by atomic mass is 35.5. The van der Waals surface area contributed by atoms with Crippen molar-refractivity contribution in [2.24, 2.45) is 0 Å². The number of halogens is 2. The number of rotatable bonds is 1. The minimum atomic E-state index is 0. The van der Waals surface area contributed by atoms with Gasteiger partial charge in [-0.05, 0) is 25.5 Å². The third-order valence-corrected chi connectivity index (χ3v) is 2.07. The van der Waals surface area contributed by atoms with Crippen LogP contribution in [0.1, 0.15) is 24.7 Å². The second-order valence-electron chi connectivity index (χ2n) is 2.99. The second kappa shape index (κ2) is 6.01. The molecular weight excluding hydrogens is 223 g/mol. The summed E-state index contributed by atoms with van der Waals surface area (Å²) in [6, 6.07) is 2.02. The summed E-state index contributed by atoms with van der Waals surface area (Å²) < 4.78 is 0. The minimum Gasteiger partial charge on any atom is -0.384 e. The van der Waals surface area contributed by atoms with Crippen molar-refractivity contribution in [1.29, 1.82) is 0 Å². The van der Waals surface area contributed by atoms with E-state index in [-0.39, 0.29) is 24.8 Å². The minimum absolute atomic E-state index is 0. The van der Waals surface area contributed by atoms with Crippen molar-refractivity contribution in [2.75, 3.05) is 12.3 Å². The molecule has 14 heavy (non-hydrogen) atoms. The van der Waals surface area contributed by atoms with E-state index in [1.807, 2.05) is 0 Å². The van der Waals surface area contributed by atoms with Crippen LogP contribution in [0.3, 0.4) is 0 Å². The van der Waals surface area contributed by atoms with Crippen LogP contribution in [0.15, 0.2) is 12.3 Å². The van der Waals surface area contributed by atoms with E-state index >= 15 is 0 Å². The summed E-state index contributed by atoms with van der Waals surface area (Å²) in [6.45, 7) is 1.06. The van der Waals surface area contributed by atoms with Gasteiger partial charge in [0.2, 0.25) is 0 Å². The van der Waals surface area contributed by atoms with Gasteiger partial charge in [0.25, 0.3) is 0 Å². The van der Waals surface area contributed by atoms with Gasteiger partial charge < -0.3 is 11.1 Å². The van der Waals surface area contributed by atoms with Crippen LogP contribution >= 0.6 is 24.8 Å². The molecule has 0 amide bonds. The molecule has 1 saturated heterocycles. The molecule has 1 unspecified atom stereocenters. The zero-order chi connectivity index (χ0) is 8.39. The number of nitrogens with one attached hydrogen (secondary N) is 1. The van der Waals surface area contributed by atoms with E-state index in [0.29, 0.717) is 11.9 Å². The maximum atomic E-state index is 5.55. The van der Waals surface area contributed by atoms with Crippen LogP contribution in [-0.4, -0.2) is 16.5 Å². The van der Waals surface area contributed by atoms with E-state index in [2.05, 4.69) is 15.3 Å². The van der Waals surface area contributed by atoms with E-state index in [1.165, 1.54) is 6.42 Å². The fourth-order valence-corrected chi connectivity index (χ4v) is 1.46. The molecule has 0 aliphatic carbocycles. The molecule has 80 valence electrons. The van der Waals surface area contributed by atoms with Crippen molar-refractivity contribution in [3.05, 3.63) is 18.1 Å². The average Bonchev–Trinajstić information content (AvgIpc) is 2.56. The highest BCUT2D eigenvalue weighted by Crippen LogP contribution is 2.19. The summed E-state index contributed by atoms with van der Waals surface area (Å²) in [6.07, 6.45) is 4.02. The summed E-state index contributed by atoms with van der Waals surface area (Å²) in [5, 5.41) is 3.32. The van der Waals surface area contributed by atoms with Gasteiger partial charge in [-0.15, -0.1) is 24.8 Å². The first kappa shape index (κ1) is 13.4. The van der Waals surface area contributed by atoms with Crippen LogP contribution in [0.2, 0.25) is 0 Å². The van der Waals surface area contributed by atoms with Crippen LogP contribution in [0, 0.1) is 0 Å². The molecular formula is C8H14Cl2N4. The van der Waals surface area contributed by atoms with E-state index < -0.39 is 0 Å². The van der Waals surface area contributed by atoms with Crippen LogP contribution in [-0.2, 0) is 0 Å². The van der Waals surface area contributed by atoms with Gasteiger partial charge in [0.1, 0.15) is 11.6 Å². The maximum Gasteiger partial charge on any atom is 0.147 e. The van der Waals surface area contributed by atoms with Crippen LogP contribution in [0.4, 0.5) is 5.82 Å². The van der Waals surface area contributed by atoms with Gasteiger partial charge in [0.05, 0.1) is 6.04 Å². The van der Waals surface area contributed by atoms with Crippen molar-refractivity contribution >= 4 is 30.6 Å². The molecule has 3 N–H and O–H groups in total. The van der Waals surface area contributed by atoms with Gasteiger partial charge in [-0.1, -0.05) is 0 Å². The second-order valence-corrected chi connectivity index (χ2v) is 2.99. The van der Waals surface area contributed by atoms with Gasteiger partial charge in [0.15, 0.2) is 0 Å². The van der Waals surface area contributed by atoms with Crippen molar-refractivity contribution in [3.8, 4) is 0 Å². The smallest absolute Gasteiger partial charge is 0.147 e. The number of hydrogen-bond acceptors (Lipinski definition) is 4. The van der Waals surface area contributed by atoms with Gasteiger partial charge in [-0.25, -0.2) is 9.97 Å². The first-order valence-electron chi connectivity index (χ1n) is 4.18. The van der Waals surface area contributed by atoms with Crippen LogP contribution < -0.4 is 11.1 Å². The molecule has 1 aromatic rings. The Morgan fingerprint density at radius 3 is 2.79 bits per heavy atom. The van der Waals surface area contributed by atoms with Crippen molar-refractivity contribution < 1.29 is 0 Å². The Hall–Kier alpha value is -0.580. The Morgan fingerprint density at radius 2 is 2.21 bits per heavy atom. The molecule has 0 aromatic carbocycles. The molecule has 0 radical (unpaired) electrons. The fraction of sp³-hybridized carbons (Fsp3) is 0.500. The van der Waals surface area contributed by atoms with Gasteiger partial charge in [-0.2, -0.15) is 0 Å². The summed E-state index contributed by atoms with van der Waals surface area (Å²) >= 11 is 0. The first-order chi connectivity index (χ1) is 5.86. The third-order valence-electron chi connectivity index (χ3n) is 2.07. The number of anilines is 1. The SMILES string of the molecule is Cl.Cl.Nc1ccnc(C2CCCN2)n1. The maximum absolute atomic E-state index is 5.55. The predicted octanol–water partition coefficient (Wildman–Crippen LogP) is 1.33. The highest BCUT2D eigenvalue weighted by Gasteiger charge is 2.18. The van der Waals surface area contributed by atoms with Crippen molar-refractivity contribution in [3.63, 3.8) is 0 Å². The Kier molecular flexibility index (Phi) is 5.76. The topological polar surface area (TPSA) is 63.8 Å². The van der Waals surface area contributed by atoms with Gasteiger partial charge >= 0.3 is 0 Å². The fourth-order valence-electron chi connectivity index (χ4n) is 1.46. The summed E-state index contributed by atoms with van der Waals surface area (Å²) in [5.74, 6) is 1.38. The van der Waals surface area contributed by atoms with E-state index in [0.717, 1.165) is 18.8 Å². The van der Waals surface area contributed by atoms with E-state index in [9.17, 15) is 0 Å². The molecule has 2 heterocycles. The van der Waals surface area contributed by atoms with Gasteiger partial charge in [0, 0.05) is 6.20 Å². The third kappa shape index (κ3) is 2.97. The summed E-state index contributed by atoms with van der Waals surface area (Å²) in [7, 11) is 0.